The van der Waals surface area contributed by atoms with Crippen molar-refractivity contribution in [2.75, 3.05) is 29.9 Å². The summed E-state index contributed by atoms with van der Waals surface area (Å²) in [5.74, 6) is 1.27. The maximum absolute atomic E-state index is 11.7. The van der Waals surface area contributed by atoms with E-state index in [0.29, 0.717) is 11.5 Å². The van der Waals surface area contributed by atoms with Crippen LogP contribution < -0.4 is 10.2 Å². The summed E-state index contributed by atoms with van der Waals surface area (Å²) in [7, 11) is 0. The number of pyridine rings is 1. The topological polar surface area (TPSA) is 74.2 Å². The molecule has 0 spiro atoms. The third-order valence-corrected chi connectivity index (χ3v) is 7.21. The number of thiocarbonyl (C=S) groups is 1. The Balaban J connectivity index is 1.31. The van der Waals surface area contributed by atoms with E-state index in [1.165, 1.54) is 0 Å². The molecule has 0 bridgehead atoms. The van der Waals surface area contributed by atoms with Gasteiger partial charge in [-0.1, -0.05) is 38.1 Å². The van der Waals surface area contributed by atoms with E-state index in [2.05, 4.69) is 50.2 Å². The average molecular weight is 511 g/mol. The average Bonchev–Trinajstić information content (AvgIpc) is 2.93. The van der Waals surface area contributed by atoms with E-state index in [4.69, 9.17) is 12.2 Å². The molecule has 1 unspecified atom stereocenters. The highest BCUT2D eigenvalue weighted by Gasteiger charge is 2.31. The smallest absolute Gasteiger partial charge is 0.173 e. The Labute approximate surface area is 222 Å². The van der Waals surface area contributed by atoms with Crippen LogP contribution in [0.1, 0.15) is 31.1 Å². The van der Waals surface area contributed by atoms with Crippen LogP contribution in [0.5, 0.6) is 0 Å². The zero-order valence-corrected chi connectivity index (χ0v) is 22.1. The fraction of sp³-hybridized carbons (Fsp3) is 0.276. The number of nitrogens with one attached hydrogen (secondary N) is 1. The molecule has 1 N–H and O–H groups in total. The minimum atomic E-state index is 0.0357. The van der Waals surface area contributed by atoms with Crippen LogP contribution in [-0.2, 0) is 0 Å². The second kappa shape index (κ2) is 10.6. The van der Waals surface area contributed by atoms with Crippen molar-refractivity contribution in [3.63, 3.8) is 0 Å². The minimum absolute atomic E-state index is 0.0357. The van der Waals surface area contributed by atoms with Gasteiger partial charge in [0.15, 0.2) is 16.7 Å². The van der Waals surface area contributed by atoms with Crippen molar-refractivity contribution in [2.45, 2.75) is 26.8 Å². The predicted octanol–water partition coefficient (Wildman–Crippen LogP) is 5.44. The van der Waals surface area contributed by atoms with E-state index in [1.807, 2.05) is 60.7 Å². The van der Waals surface area contributed by atoms with Crippen LogP contribution in [0.2, 0.25) is 0 Å². The maximum atomic E-state index is 11.7. The molecule has 1 atom stereocenters. The molecule has 0 aliphatic carbocycles. The van der Waals surface area contributed by atoms with E-state index < -0.39 is 0 Å². The first-order valence-corrected chi connectivity index (χ1v) is 12.9. The predicted molar refractivity (Wildman–Crippen MR) is 153 cm³/mol. The molecule has 1 fully saturated rings. The van der Waals surface area contributed by atoms with Crippen LogP contribution in [0, 0.1) is 5.92 Å². The molecule has 2 aromatic carbocycles. The maximum Gasteiger partial charge on any atom is 0.173 e. The zero-order chi connectivity index (χ0) is 25.9. The molecule has 4 aromatic rings. The first-order chi connectivity index (χ1) is 17.9. The summed E-state index contributed by atoms with van der Waals surface area (Å²) in [5, 5.41) is 14.3. The second-order valence-corrected chi connectivity index (χ2v) is 10.1. The molecule has 188 valence electrons. The van der Waals surface area contributed by atoms with Crippen LogP contribution in [0.15, 0.2) is 72.9 Å². The van der Waals surface area contributed by atoms with Crippen LogP contribution in [0.25, 0.3) is 22.2 Å². The molecule has 1 aliphatic rings. The molecule has 1 aliphatic heterocycles. The largest absolute Gasteiger partial charge is 0.351 e. The van der Waals surface area contributed by atoms with Crippen molar-refractivity contribution in [1.82, 2.24) is 20.1 Å². The van der Waals surface area contributed by atoms with Gasteiger partial charge in [-0.3, -0.25) is 9.78 Å². The lowest BCUT2D eigenvalue weighted by molar-refractivity contribution is 0.101. The molecule has 0 radical (unpaired) electrons. The number of fused-ring (bicyclic) bond motifs is 1. The number of aromatic nitrogens is 3. The molecule has 7 nitrogen and oxygen atoms in total. The summed E-state index contributed by atoms with van der Waals surface area (Å²) in [6, 6.07) is 21.7. The van der Waals surface area contributed by atoms with Gasteiger partial charge in [-0.25, -0.2) is 0 Å². The van der Waals surface area contributed by atoms with Crippen molar-refractivity contribution in [2.24, 2.45) is 5.92 Å². The molecular weight excluding hydrogens is 480 g/mol. The van der Waals surface area contributed by atoms with Gasteiger partial charge < -0.3 is 15.1 Å². The van der Waals surface area contributed by atoms with Crippen LogP contribution in [0.4, 0.5) is 11.5 Å². The van der Waals surface area contributed by atoms with E-state index in [9.17, 15) is 4.79 Å². The summed E-state index contributed by atoms with van der Waals surface area (Å²) < 4.78 is 0. The van der Waals surface area contributed by atoms with Crippen molar-refractivity contribution in [3.05, 3.63) is 78.5 Å². The Morgan fingerprint density at radius 3 is 2.62 bits per heavy atom. The Morgan fingerprint density at radius 1 is 1.03 bits per heavy atom. The summed E-state index contributed by atoms with van der Waals surface area (Å²) in [4.78, 5) is 20.8. The number of Topliss-reactive ketones (excluding diaryl/α,β-unsaturated/α-hetero) is 1. The molecule has 5 rings (SSSR count). The van der Waals surface area contributed by atoms with Crippen molar-refractivity contribution in [1.29, 1.82) is 0 Å². The number of benzene rings is 2. The number of carbonyl (C=O) groups excluding carboxylic acids is 1. The van der Waals surface area contributed by atoms with Crippen molar-refractivity contribution in [3.8, 4) is 11.3 Å². The van der Waals surface area contributed by atoms with Gasteiger partial charge in [0.05, 0.1) is 17.3 Å². The number of rotatable bonds is 5. The highest BCUT2D eigenvalue weighted by atomic mass is 32.1. The van der Waals surface area contributed by atoms with E-state index >= 15 is 0 Å². The van der Waals surface area contributed by atoms with E-state index in [-0.39, 0.29) is 11.8 Å². The molecule has 3 heterocycles. The van der Waals surface area contributed by atoms with Gasteiger partial charge in [-0.05, 0) is 67.5 Å². The van der Waals surface area contributed by atoms with Gasteiger partial charge in [-0.2, -0.15) is 0 Å². The Kier molecular flexibility index (Phi) is 7.10. The first-order valence-electron chi connectivity index (χ1n) is 12.5. The summed E-state index contributed by atoms with van der Waals surface area (Å²) in [6.07, 6.45) is 1.80. The summed E-state index contributed by atoms with van der Waals surface area (Å²) in [6.45, 7) is 8.38. The standard InChI is InChI=1S/C29H30N6OS/c1-19(2)27-18-34(28-13-12-24(32-33-28)22-8-4-7-21(17-22)20(3)36)15-16-35(27)29(37)31-26-11-5-10-25-23(26)9-6-14-30-25/h4-14,17,19,27H,15-16,18H2,1-3H3,(H,31,37). The van der Waals surface area contributed by atoms with Crippen LogP contribution in [0.3, 0.4) is 0 Å². The van der Waals surface area contributed by atoms with Gasteiger partial charge in [0.1, 0.15) is 0 Å². The number of ketones is 1. The summed E-state index contributed by atoms with van der Waals surface area (Å²) >= 11 is 5.89. The SMILES string of the molecule is CC(=O)c1cccc(-c2ccc(N3CCN(C(=S)Nc4cccc5ncccc45)C(C(C)C)C3)nn2)c1. The number of hydrogen-bond acceptors (Lipinski definition) is 6. The lowest BCUT2D eigenvalue weighted by Crippen LogP contribution is -2.58. The third-order valence-electron chi connectivity index (χ3n) is 6.88. The number of nitrogens with zero attached hydrogens (tertiary/aromatic N) is 5. The van der Waals surface area contributed by atoms with E-state index in [0.717, 1.165) is 58.4 Å². The van der Waals surface area contributed by atoms with Gasteiger partial charge in [0.25, 0.3) is 0 Å². The molecule has 8 heteroatoms. The number of piperazine rings is 1. The number of anilines is 2. The zero-order valence-electron chi connectivity index (χ0n) is 21.3. The van der Waals surface area contributed by atoms with Gasteiger partial charge >= 0.3 is 0 Å². The number of carbonyl (C=O) groups is 1. The van der Waals surface area contributed by atoms with Gasteiger partial charge in [-0.15, -0.1) is 10.2 Å². The molecule has 2 aromatic heterocycles. The molecule has 0 amide bonds. The third kappa shape index (κ3) is 5.29. The highest BCUT2D eigenvalue weighted by Crippen LogP contribution is 2.26. The fourth-order valence-corrected chi connectivity index (χ4v) is 5.12. The van der Waals surface area contributed by atoms with Gasteiger partial charge in [0.2, 0.25) is 0 Å². The Bertz CT molecular complexity index is 1430. The van der Waals surface area contributed by atoms with E-state index in [1.54, 1.807) is 13.1 Å². The Hall–Kier alpha value is -3.91. The summed E-state index contributed by atoms with van der Waals surface area (Å²) in [5.41, 5.74) is 4.22. The van der Waals surface area contributed by atoms with Crippen LogP contribution >= 0.6 is 12.2 Å². The monoisotopic (exact) mass is 510 g/mol. The minimum Gasteiger partial charge on any atom is -0.351 e. The number of hydrogen-bond donors (Lipinski definition) is 1. The highest BCUT2D eigenvalue weighted by molar-refractivity contribution is 7.80. The van der Waals surface area contributed by atoms with Gasteiger partial charge in [0, 0.05) is 48.0 Å². The first kappa shape index (κ1) is 24.8. The molecule has 0 saturated carbocycles. The molecule has 37 heavy (non-hydrogen) atoms. The second-order valence-electron chi connectivity index (χ2n) is 9.67. The lowest BCUT2D eigenvalue weighted by atomic mass is 10.00. The Morgan fingerprint density at radius 2 is 1.86 bits per heavy atom. The molecular formula is C29H30N6OS. The quantitative estimate of drug-likeness (QED) is 0.281. The normalized spacial score (nSPS) is 15.7. The lowest BCUT2D eigenvalue weighted by Gasteiger charge is -2.45. The molecule has 1 saturated heterocycles. The van der Waals surface area contributed by atoms with Crippen molar-refractivity contribution < 1.29 is 4.79 Å². The van der Waals surface area contributed by atoms with Crippen LogP contribution in [-0.4, -0.2) is 56.7 Å². The van der Waals surface area contributed by atoms with Crippen molar-refractivity contribution >= 4 is 45.5 Å². The fourth-order valence-electron chi connectivity index (χ4n) is 4.79.